The standard InChI is InChI=1S/C26H33F4N5O3/c1-18-31-14-21(15-32-18)37-16-23(36)33-20-4-8-25(27,9-5-20)10-13-35-11-6-19-2-3-24(34-22(19)7-12-35)38-17-26(28,29)30/h2-3,14-15,20H,4-13,16-17H2,1H3,(H,33,36)/t20-,25+. The Morgan fingerprint density at radius 2 is 1.84 bits per heavy atom. The summed E-state index contributed by atoms with van der Waals surface area (Å²) in [5.74, 6) is 0.743. The highest BCUT2D eigenvalue weighted by molar-refractivity contribution is 5.77. The Labute approximate surface area is 219 Å². The maximum absolute atomic E-state index is 15.5. The molecule has 0 atom stereocenters. The Morgan fingerprint density at radius 3 is 2.55 bits per heavy atom. The monoisotopic (exact) mass is 539 g/mol. The molecule has 0 radical (unpaired) electrons. The number of rotatable bonds is 9. The van der Waals surface area contributed by atoms with Crippen LogP contribution in [0, 0.1) is 6.92 Å². The summed E-state index contributed by atoms with van der Waals surface area (Å²) in [6.45, 7) is 2.22. The zero-order valence-corrected chi connectivity index (χ0v) is 21.4. The molecule has 3 heterocycles. The zero-order valence-electron chi connectivity index (χ0n) is 21.4. The van der Waals surface area contributed by atoms with Gasteiger partial charge >= 0.3 is 6.18 Å². The van der Waals surface area contributed by atoms with Gasteiger partial charge in [0.2, 0.25) is 5.88 Å². The van der Waals surface area contributed by atoms with Gasteiger partial charge in [-0.2, -0.15) is 13.2 Å². The molecule has 0 spiro atoms. The first kappa shape index (κ1) is 28.0. The number of fused-ring (bicyclic) bond motifs is 1. The molecule has 1 amide bonds. The van der Waals surface area contributed by atoms with Gasteiger partial charge in [-0.3, -0.25) is 4.79 Å². The van der Waals surface area contributed by atoms with Gasteiger partial charge in [0.25, 0.3) is 5.91 Å². The van der Waals surface area contributed by atoms with Crippen LogP contribution in [0.15, 0.2) is 24.5 Å². The summed E-state index contributed by atoms with van der Waals surface area (Å²) in [6, 6.07) is 3.15. The summed E-state index contributed by atoms with van der Waals surface area (Å²) in [4.78, 5) is 26.7. The third kappa shape index (κ3) is 8.50. The highest BCUT2D eigenvalue weighted by atomic mass is 19.4. The number of nitrogens with zero attached hydrogens (tertiary/aromatic N) is 4. The van der Waals surface area contributed by atoms with Gasteiger partial charge in [-0.05, 0) is 51.0 Å². The van der Waals surface area contributed by atoms with Gasteiger partial charge < -0.3 is 19.7 Å². The van der Waals surface area contributed by atoms with E-state index in [0.29, 0.717) is 69.6 Å². The van der Waals surface area contributed by atoms with Crippen LogP contribution >= 0.6 is 0 Å². The molecule has 12 heteroatoms. The van der Waals surface area contributed by atoms with E-state index in [1.807, 2.05) is 0 Å². The fourth-order valence-electron chi connectivity index (χ4n) is 4.83. The van der Waals surface area contributed by atoms with Crippen LogP contribution in [0.3, 0.4) is 0 Å². The number of aromatic nitrogens is 3. The molecule has 0 aromatic carbocycles. The molecule has 2 aliphatic rings. The lowest BCUT2D eigenvalue weighted by atomic mass is 9.81. The van der Waals surface area contributed by atoms with Crippen LogP contribution in [0.4, 0.5) is 17.6 Å². The van der Waals surface area contributed by atoms with Crippen LogP contribution in [-0.2, 0) is 17.6 Å². The minimum absolute atomic E-state index is 0.0307. The van der Waals surface area contributed by atoms with E-state index in [4.69, 9.17) is 9.47 Å². The van der Waals surface area contributed by atoms with E-state index in [-0.39, 0.29) is 24.4 Å². The molecule has 2 aromatic rings. The first-order valence-corrected chi connectivity index (χ1v) is 12.9. The van der Waals surface area contributed by atoms with Crippen molar-refractivity contribution in [2.75, 3.05) is 32.8 Å². The predicted octanol–water partition coefficient (Wildman–Crippen LogP) is 3.76. The lowest BCUT2D eigenvalue weighted by Gasteiger charge is -2.35. The van der Waals surface area contributed by atoms with Crippen LogP contribution < -0.4 is 14.8 Å². The number of carbonyl (C=O) groups is 1. The predicted molar refractivity (Wildman–Crippen MR) is 131 cm³/mol. The second-order valence-electron chi connectivity index (χ2n) is 10.00. The Bertz CT molecular complexity index is 1080. The summed E-state index contributed by atoms with van der Waals surface area (Å²) >= 11 is 0. The SMILES string of the molecule is Cc1ncc(OCC(=O)N[C@H]2CC[C@](F)(CCN3CCc4ccc(OCC(F)(F)F)nc4CC3)CC2)cn1. The summed E-state index contributed by atoms with van der Waals surface area (Å²) < 4.78 is 63.0. The average Bonchev–Trinajstić information content (AvgIpc) is 3.09. The second kappa shape index (κ2) is 12.2. The fraction of sp³-hybridized carbons (Fsp3) is 0.615. The minimum atomic E-state index is -4.41. The zero-order chi connectivity index (χ0) is 27.2. The molecule has 1 fully saturated rings. The summed E-state index contributed by atoms with van der Waals surface area (Å²) in [5.41, 5.74) is 0.432. The van der Waals surface area contributed by atoms with E-state index < -0.39 is 18.5 Å². The van der Waals surface area contributed by atoms with Crippen molar-refractivity contribution in [2.24, 2.45) is 0 Å². The molecule has 0 saturated heterocycles. The third-order valence-electron chi connectivity index (χ3n) is 7.04. The minimum Gasteiger partial charge on any atom is -0.481 e. The number of nitrogens with one attached hydrogen (secondary N) is 1. The van der Waals surface area contributed by atoms with Crippen molar-refractivity contribution in [1.29, 1.82) is 0 Å². The normalized spacial score (nSPS) is 22.3. The van der Waals surface area contributed by atoms with Crippen molar-refractivity contribution in [2.45, 2.75) is 69.8 Å². The molecule has 1 aliphatic heterocycles. The number of ether oxygens (including phenoxy) is 2. The van der Waals surface area contributed by atoms with Gasteiger partial charge in [0.05, 0.1) is 12.4 Å². The highest BCUT2D eigenvalue weighted by Crippen LogP contribution is 2.35. The third-order valence-corrected chi connectivity index (χ3v) is 7.04. The van der Waals surface area contributed by atoms with E-state index in [9.17, 15) is 18.0 Å². The Kier molecular flexibility index (Phi) is 9.01. The van der Waals surface area contributed by atoms with Crippen LogP contribution in [0.25, 0.3) is 0 Å². The smallest absolute Gasteiger partial charge is 0.422 e. The largest absolute Gasteiger partial charge is 0.481 e. The number of amides is 1. The molecule has 1 aliphatic carbocycles. The molecule has 208 valence electrons. The molecule has 38 heavy (non-hydrogen) atoms. The van der Waals surface area contributed by atoms with Crippen molar-refractivity contribution in [3.8, 4) is 11.6 Å². The van der Waals surface area contributed by atoms with Crippen LogP contribution in [0.1, 0.15) is 49.2 Å². The van der Waals surface area contributed by atoms with Gasteiger partial charge in [0, 0.05) is 43.9 Å². The first-order chi connectivity index (χ1) is 18.1. The molecule has 1 N–H and O–H groups in total. The fourth-order valence-corrected chi connectivity index (χ4v) is 4.83. The summed E-state index contributed by atoms with van der Waals surface area (Å²) in [6.07, 6.45) is 2.15. The topological polar surface area (TPSA) is 89.5 Å². The maximum atomic E-state index is 15.5. The van der Waals surface area contributed by atoms with Crippen molar-refractivity contribution in [1.82, 2.24) is 25.2 Å². The van der Waals surface area contributed by atoms with Gasteiger partial charge in [-0.1, -0.05) is 6.07 Å². The van der Waals surface area contributed by atoms with Gasteiger partial charge in [0.1, 0.15) is 11.5 Å². The number of hydrogen-bond acceptors (Lipinski definition) is 7. The van der Waals surface area contributed by atoms with E-state index in [1.165, 1.54) is 18.5 Å². The van der Waals surface area contributed by atoms with Crippen LogP contribution in [0.2, 0.25) is 0 Å². The van der Waals surface area contributed by atoms with E-state index >= 15 is 4.39 Å². The van der Waals surface area contributed by atoms with Gasteiger partial charge in [-0.25, -0.2) is 19.3 Å². The quantitative estimate of drug-likeness (QED) is 0.486. The lowest BCUT2D eigenvalue weighted by Crippen LogP contribution is -2.44. The van der Waals surface area contributed by atoms with E-state index in [2.05, 4.69) is 25.2 Å². The molecular weight excluding hydrogens is 506 g/mol. The van der Waals surface area contributed by atoms with Crippen molar-refractivity contribution >= 4 is 5.91 Å². The van der Waals surface area contributed by atoms with Crippen molar-refractivity contribution < 1.29 is 31.8 Å². The number of pyridine rings is 1. The van der Waals surface area contributed by atoms with Crippen LogP contribution in [0.5, 0.6) is 11.6 Å². The number of carbonyl (C=O) groups excluding carboxylic acids is 1. The number of hydrogen-bond donors (Lipinski definition) is 1. The van der Waals surface area contributed by atoms with Crippen molar-refractivity contribution in [3.63, 3.8) is 0 Å². The highest BCUT2D eigenvalue weighted by Gasteiger charge is 2.36. The maximum Gasteiger partial charge on any atom is 0.422 e. The number of aryl methyl sites for hydroxylation is 1. The second-order valence-corrected chi connectivity index (χ2v) is 10.00. The molecule has 2 aromatic heterocycles. The molecule has 4 rings (SSSR count). The molecule has 1 saturated carbocycles. The summed E-state index contributed by atoms with van der Waals surface area (Å²) in [7, 11) is 0. The molecule has 0 bridgehead atoms. The van der Waals surface area contributed by atoms with Gasteiger partial charge in [0.15, 0.2) is 19.0 Å². The average molecular weight is 540 g/mol. The first-order valence-electron chi connectivity index (χ1n) is 12.9. The van der Waals surface area contributed by atoms with Crippen LogP contribution in [-0.4, -0.2) is 76.5 Å². The van der Waals surface area contributed by atoms with Crippen molar-refractivity contribution in [3.05, 3.63) is 41.6 Å². The molecule has 0 unspecified atom stereocenters. The molecule has 8 nitrogen and oxygen atoms in total. The Morgan fingerprint density at radius 1 is 1.13 bits per heavy atom. The van der Waals surface area contributed by atoms with E-state index in [0.717, 1.165) is 17.8 Å². The number of alkyl halides is 4. The van der Waals surface area contributed by atoms with E-state index in [1.54, 1.807) is 13.0 Å². The van der Waals surface area contributed by atoms with Gasteiger partial charge in [-0.15, -0.1) is 0 Å². The Hall–Kier alpha value is -3.02. The lowest BCUT2D eigenvalue weighted by molar-refractivity contribution is -0.154. The Balaban J connectivity index is 1.17. The number of halogens is 4. The molecular formula is C26H33F4N5O3. The summed E-state index contributed by atoms with van der Waals surface area (Å²) in [5, 5.41) is 2.92.